The molecule has 0 spiro atoms. The van der Waals surface area contributed by atoms with Gasteiger partial charge in [0.2, 0.25) is 0 Å². The van der Waals surface area contributed by atoms with Crippen LogP contribution in [0.5, 0.6) is 0 Å². The first-order valence-electron chi connectivity index (χ1n) is 13.7. The van der Waals surface area contributed by atoms with E-state index in [0.29, 0.717) is 83.1 Å². The Hall–Kier alpha value is -2.73. The summed E-state index contributed by atoms with van der Waals surface area (Å²) < 4.78 is 21.9. The van der Waals surface area contributed by atoms with Gasteiger partial charge in [0.25, 0.3) is 5.91 Å². The zero-order chi connectivity index (χ0) is 26.8. The third-order valence-corrected chi connectivity index (χ3v) is 6.82. The van der Waals surface area contributed by atoms with E-state index in [9.17, 15) is 9.59 Å². The van der Waals surface area contributed by atoms with Crippen LogP contribution in [0.3, 0.4) is 0 Å². The van der Waals surface area contributed by atoms with E-state index in [4.69, 9.17) is 24.8 Å². The Morgan fingerprint density at radius 3 is 2.05 bits per heavy atom. The SMILES string of the molecule is NNc1ccc(C(=O)NCCCOCCOCCOCCCNC(=O)OCC2C3CCC=CCCC32)cn1. The van der Waals surface area contributed by atoms with E-state index >= 15 is 0 Å². The van der Waals surface area contributed by atoms with Crippen LogP contribution in [0, 0.1) is 17.8 Å². The lowest BCUT2D eigenvalue weighted by Gasteiger charge is -2.09. The van der Waals surface area contributed by atoms with E-state index in [2.05, 4.69) is 33.2 Å². The second-order valence-corrected chi connectivity index (χ2v) is 9.52. The van der Waals surface area contributed by atoms with E-state index in [0.717, 1.165) is 31.1 Å². The lowest BCUT2D eigenvalue weighted by molar-refractivity contribution is 0.0138. The summed E-state index contributed by atoms with van der Waals surface area (Å²) in [6.45, 7) is 4.61. The average Bonchev–Trinajstić information content (AvgIpc) is 3.58. The highest BCUT2D eigenvalue weighted by Gasteiger charge is 2.49. The van der Waals surface area contributed by atoms with Crippen molar-refractivity contribution in [3.05, 3.63) is 36.0 Å². The molecule has 2 amide bonds. The molecule has 0 aromatic carbocycles. The molecule has 1 aromatic heterocycles. The Morgan fingerprint density at radius 2 is 1.47 bits per heavy atom. The minimum absolute atomic E-state index is 0.185. The fraction of sp³-hybridized carbons (Fsp3) is 0.667. The van der Waals surface area contributed by atoms with E-state index in [1.165, 1.54) is 19.0 Å². The average molecular weight is 534 g/mol. The number of nitrogens with zero attached hydrogens (tertiary/aromatic N) is 1. The van der Waals surface area contributed by atoms with Gasteiger partial charge >= 0.3 is 6.09 Å². The van der Waals surface area contributed by atoms with Crippen molar-refractivity contribution in [3.63, 3.8) is 0 Å². The number of nitrogens with two attached hydrogens (primary N) is 1. The maximum Gasteiger partial charge on any atom is 0.407 e. The predicted octanol–water partition coefficient (Wildman–Crippen LogP) is 2.65. The van der Waals surface area contributed by atoms with Crippen LogP contribution >= 0.6 is 0 Å². The molecule has 0 radical (unpaired) electrons. The third-order valence-electron chi connectivity index (χ3n) is 6.82. The number of aromatic nitrogens is 1. The zero-order valence-corrected chi connectivity index (χ0v) is 22.2. The van der Waals surface area contributed by atoms with Crippen LogP contribution in [0.15, 0.2) is 30.5 Å². The number of rotatable bonds is 18. The molecule has 3 rings (SSSR count). The molecule has 5 N–H and O–H groups in total. The molecule has 2 unspecified atom stereocenters. The first kappa shape index (κ1) is 29.8. The summed E-state index contributed by atoms with van der Waals surface area (Å²) in [5.74, 6) is 7.58. The van der Waals surface area contributed by atoms with E-state index in [1.807, 2.05) is 0 Å². The zero-order valence-electron chi connectivity index (χ0n) is 22.2. The van der Waals surface area contributed by atoms with Crippen molar-refractivity contribution in [2.75, 3.05) is 64.8 Å². The van der Waals surface area contributed by atoms with Gasteiger partial charge in [0.15, 0.2) is 0 Å². The van der Waals surface area contributed by atoms with Crippen LogP contribution in [0.1, 0.15) is 48.9 Å². The molecule has 1 saturated carbocycles. The minimum atomic E-state index is -0.333. The first-order chi connectivity index (χ1) is 18.7. The number of hydrogen-bond acceptors (Lipinski definition) is 9. The standard InChI is InChI=1S/C27H43N5O6/c28-32-25-10-9-21(19-31-25)26(33)29-11-5-13-35-15-17-37-18-16-36-14-6-12-30-27(34)38-20-24-22-7-3-1-2-4-8-23(22)24/h1-2,9-10,19,22-24H,3-8,11-18,20,28H2,(H,29,33)(H,30,34)(H,31,32). The molecule has 0 aliphatic heterocycles. The number of pyridine rings is 1. The van der Waals surface area contributed by atoms with Crippen molar-refractivity contribution < 1.29 is 28.5 Å². The van der Waals surface area contributed by atoms with Crippen molar-refractivity contribution in [1.82, 2.24) is 15.6 Å². The Kier molecular flexibility index (Phi) is 13.9. The van der Waals surface area contributed by atoms with Gasteiger partial charge in [-0.25, -0.2) is 15.6 Å². The number of hydrazine groups is 1. The van der Waals surface area contributed by atoms with Crippen molar-refractivity contribution in [1.29, 1.82) is 0 Å². The second-order valence-electron chi connectivity index (χ2n) is 9.52. The van der Waals surface area contributed by atoms with E-state index < -0.39 is 0 Å². The lowest BCUT2D eigenvalue weighted by Crippen LogP contribution is -2.27. The maximum atomic E-state index is 12.0. The van der Waals surface area contributed by atoms with Crippen molar-refractivity contribution in [3.8, 4) is 0 Å². The van der Waals surface area contributed by atoms with Gasteiger partial charge < -0.3 is 35.0 Å². The number of alkyl carbamates (subject to hydrolysis) is 1. The number of allylic oxidation sites excluding steroid dienone is 2. The third kappa shape index (κ3) is 11.3. The molecule has 1 fully saturated rings. The predicted molar refractivity (Wildman–Crippen MR) is 143 cm³/mol. The number of fused-ring (bicyclic) bond motifs is 1. The molecule has 1 aromatic rings. The number of ether oxygens (including phenoxy) is 4. The number of carbonyl (C=O) groups excluding carboxylic acids is 2. The van der Waals surface area contributed by atoms with Crippen LogP contribution in [-0.4, -0.2) is 76.3 Å². The molecule has 2 atom stereocenters. The van der Waals surface area contributed by atoms with Crippen LogP contribution < -0.4 is 21.9 Å². The number of nitrogen functional groups attached to an aromatic ring is 1. The van der Waals surface area contributed by atoms with Crippen molar-refractivity contribution in [2.24, 2.45) is 23.6 Å². The Labute approximate surface area is 225 Å². The topological polar surface area (TPSA) is 146 Å². The number of anilines is 1. The van der Waals surface area contributed by atoms with Gasteiger partial charge in [-0.3, -0.25) is 4.79 Å². The Balaban J connectivity index is 1.03. The lowest BCUT2D eigenvalue weighted by atomic mass is 10.1. The molecular weight excluding hydrogens is 490 g/mol. The van der Waals surface area contributed by atoms with Gasteiger partial charge in [-0.2, -0.15) is 0 Å². The molecule has 2 aliphatic rings. The van der Waals surface area contributed by atoms with Crippen molar-refractivity contribution in [2.45, 2.75) is 38.5 Å². The first-order valence-corrected chi connectivity index (χ1v) is 13.7. The second kappa shape index (κ2) is 17.7. The summed E-state index contributed by atoms with van der Waals surface area (Å²) in [6.07, 6.45) is 11.8. The van der Waals surface area contributed by atoms with Gasteiger partial charge in [-0.1, -0.05) is 12.2 Å². The van der Waals surface area contributed by atoms with Gasteiger partial charge in [0, 0.05) is 32.5 Å². The smallest absolute Gasteiger partial charge is 0.407 e. The molecule has 11 nitrogen and oxygen atoms in total. The van der Waals surface area contributed by atoms with Gasteiger partial charge in [0.05, 0.1) is 38.6 Å². The summed E-state index contributed by atoms with van der Waals surface area (Å²) in [5.41, 5.74) is 2.89. The number of amides is 2. The highest BCUT2D eigenvalue weighted by Crippen LogP contribution is 2.52. The van der Waals surface area contributed by atoms with Gasteiger partial charge in [0.1, 0.15) is 5.82 Å². The van der Waals surface area contributed by atoms with Crippen LogP contribution in [-0.2, 0) is 18.9 Å². The monoisotopic (exact) mass is 533 g/mol. The Morgan fingerprint density at radius 1 is 0.868 bits per heavy atom. The van der Waals surface area contributed by atoms with Crippen LogP contribution in [0.2, 0.25) is 0 Å². The fourth-order valence-corrected chi connectivity index (χ4v) is 4.66. The van der Waals surface area contributed by atoms with Crippen molar-refractivity contribution >= 4 is 17.8 Å². The minimum Gasteiger partial charge on any atom is -0.449 e. The molecular formula is C27H43N5O6. The highest BCUT2D eigenvalue weighted by atomic mass is 16.6. The summed E-state index contributed by atoms with van der Waals surface area (Å²) >= 11 is 0. The largest absolute Gasteiger partial charge is 0.449 e. The molecule has 2 aliphatic carbocycles. The van der Waals surface area contributed by atoms with Crippen LogP contribution in [0.4, 0.5) is 10.6 Å². The summed E-state index contributed by atoms with van der Waals surface area (Å²) in [6, 6.07) is 3.29. The molecule has 38 heavy (non-hydrogen) atoms. The van der Waals surface area contributed by atoms with Crippen LogP contribution in [0.25, 0.3) is 0 Å². The molecule has 0 saturated heterocycles. The summed E-state index contributed by atoms with van der Waals surface area (Å²) in [4.78, 5) is 27.9. The maximum absolute atomic E-state index is 12.0. The Bertz CT molecular complexity index is 837. The number of hydrogen-bond donors (Lipinski definition) is 4. The highest BCUT2D eigenvalue weighted by molar-refractivity contribution is 5.94. The van der Waals surface area contributed by atoms with Gasteiger partial charge in [-0.05, 0) is 68.4 Å². The number of nitrogens with one attached hydrogen (secondary N) is 3. The number of carbonyl (C=O) groups is 2. The quantitative estimate of drug-likeness (QED) is 0.0968. The van der Waals surface area contributed by atoms with E-state index in [1.54, 1.807) is 12.1 Å². The summed E-state index contributed by atoms with van der Waals surface area (Å²) in [7, 11) is 0. The normalized spacial score (nSPS) is 20.1. The fourth-order valence-electron chi connectivity index (χ4n) is 4.66. The molecule has 0 bridgehead atoms. The summed E-state index contributed by atoms with van der Waals surface area (Å²) in [5, 5.41) is 5.61. The molecule has 212 valence electrons. The molecule has 1 heterocycles. The molecule has 11 heteroatoms. The van der Waals surface area contributed by atoms with Gasteiger partial charge in [-0.15, -0.1) is 0 Å². The van der Waals surface area contributed by atoms with E-state index in [-0.39, 0.29) is 12.0 Å².